The molecule has 3 rings (SSSR count). The molecule has 0 unspecified atom stereocenters. The maximum atomic E-state index is 12.3. The zero-order valence-corrected chi connectivity index (χ0v) is 13.1. The van der Waals surface area contributed by atoms with E-state index < -0.39 is 0 Å². The Labute approximate surface area is 134 Å². The van der Waals surface area contributed by atoms with Crippen molar-refractivity contribution in [1.29, 1.82) is 0 Å². The number of carbonyl (C=O) groups is 1. The molecule has 1 atom stereocenters. The highest BCUT2D eigenvalue weighted by atomic mass is 35.5. The van der Waals surface area contributed by atoms with E-state index in [1.54, 1.807) is 18.4 Å². The minimum Gasteiger partial charge on any atom is -0.444 e. The van der Waals surface area contributed by atoms with Gasteiger partial charge in [0.2, 0.25) is 11.8 Å². The number of rotatable bonds is 3. The molecule has 0 spiro atoms. The van der Waals surface area contributed by atoms with Crippen LogP contribution in [0.5, 0.6) is 0 Å². The number of benzene rings is 1. The summed E-state index contributed by atoms with van der Waals surface area (Å²) in [6, 6.07) is 7.59. The molecule has 22 heavy (non-hydrogen) atoms. The smallest absolute Gasteiger partial charge is 0.228 e. The van der Waals surface area contributed by atoms with Crippen molar-refractivity contribution in [3.05, 3.63) is 41.2 Å². The molecule has 1 aliphatic rings. The van der Waals surface area contributed by atoms with Crippen LogP contribution in [0.1, 0.15) is 12.6 Å². The van der Waals surface area contributed by atoms with E-state index in [-0.39, 0.29) is 12.3 Å². The van der Waals surface area contributed by atoms with E-state index in [0.717, 1.165) is 25.2 Å². The maximum Gasteiger partial charge on any atom is 0.228 e. The third-order valence-corrected chi connectivity index (χ3v) is 3.95. The number of amides is 1. The van der Waals surface area contributed by atoms with Crippen LogP contribution in [-0.4, -0.2) is 41.5 Å². The van der Waals surface area contributed by atoms with Gasteiger partial charge in [-0.1, -0.05) is 11.6 Å². The third-order valence-electron chi connectivity index (χ3n) is 3.70. The lowest BCUT2D eigenvalue weighted by Crippen LogP contribution is -2.51. The maximum absolute atomic E-state index is 12.3. The standard InChI is InChI=1S/C16H18ClN3O2/c1-11-9-20(7-6-18-11)15(21)8-14-10-22-16(19-14)12-2-4-13(17)5-3-12/h2-5,10-11,18H,6-9H2,1H3/t11-/m1/s1. The van der Waals surface area contributed by atoms with Crippen LogP contribution in [0.2, 0.25) is 5.02 Å². The van der Waals surface area contributed by atoms with Gasteiger partial charge in [0.25, 0.3) is 0 Å². The number of nitrogens with zero attached hydrogens (tertiary/aromatic N) is 2. The Bertz CT molecular complexity index is 654. The Hall–Kier alpha value is -1.85. The molecule has 1 fully saturated rings. The first-order valence-electron chi connectivity index (χ1n) is 7.33. The molecule has 1 N–H and O–H groups in total. The molecule has 1 saturated heterocycles. The van der Waals surface area contributed by atoms with Crippen molar-refractivity contribution in [2.45, 2.75) is 19.4 Å². The average Bonchev–Trinajstić information content (AvgIpc) is 2.96. The van der Waals surface area contributed by atoms with Crippen molar-refractivity contribution in [3.63, 3.8) is 0 Å². The monoisotopic (exact) mass is 319 g/mol. The molecule has 116 valence electrons. The average molecular weight is 320 g/mol. The Kier molecular flexibility index (Phi) is 4.45. The second-order valence-electron chi connectivity index (χ2n) is 5.52. The second-order valence-corrected chi connectivity index (χ2v) is 5.96. The molecule has 0 radical (unpaired) electrons. The van der Waals surface area contributed by atoms with Gasteiger partial charge in [-0.2, -0.15) is 0 Å². The Morgan fingerprint density at radius 2 is 2.23 bits per heavy atom. The van der Waals surface area contributed by atoms with Crippen molar-refractivity contribution >= 4 is 17.5 Å². The molecule has 1 aromatic heterocycles. The SMILES string of the molecule is C[C@@H]1CN(C(=O)Cc2coc(-c3ccc(Cl)cc3)n2)CCN1. The molecule has 5 nitrogen and oxygen atoms in total. The Balaban J connectivity index is 1.66. The number of piperazine rings is 1. The summed E-state index contributed by atoms with van der Waals surface area (Å²) in [5.74, 6) is 0.595. The number of carbonyl (C=O) groups excluding carboxylic acids is 1. The molecule has 0 aliphatic carbocycles. The Morgan fingerprint density at radius 1 is 1.45 bits per heavy atom. The van der Waals surface area contributed by atoms with E-state index >= 15 is 0 Å². The van der Waals surface area contributed by atoms with E-state index in [1.807, 2.05) is 17.0 Å². The van der Waals surface area contributed by atoms with Gasteiger partial charge >= 0.3 is 0 Å². The van der Waals surface area contributed by atoms with E-state index in [4.69, 9.17) is 16.0 Å². The highest BCUT2D eigenvalue weighted by molar-refractivity contribution is 6.30. The molecule has 0 saturated carbocycles. The van der Waals surface area contributed by atoms with Crippen molar-refractivity contribution < 1.29 is 9.21 Å². The van der Waals surface area contributed by atoms with Crippen LogP contribution in [0, 0.1) is 0 Å². The molecule has 1 aliphatic heterocycles. The van der Waals surface area contributed by atoms with Crippen molar-refractivity contribution in [3.8, 4) is 11.5 Å². The lowest BCUT2D eigenvalue weighted by atomic mass is 10.2. The van der Waals surface area contributed by atoms with Crippen LogP contribution >= 0.6 is 11.6 Å². The van der Waals surface area contributed by atoms with Crippen LogP contribution < -0.4 is 5.32 Å². The normalized spacial score (nSPS) is 18.5. The lowest BCUT2D eigenvalue weighted by Gasteiger charge is -2.31. The zero-order chi connectivity index (χ0) is 15.5. The molecule has 1 amide bonds. The number of hydrogen-bond donors (Lipinski definition) is 1. The van der Waals surface area contributed by atoms with Crippen molar-refractivity contribution in [2.24, 2.45) is 0 Å². The summed E-state index contributed by atoms with van der Waals surface area (Å²) in [5, 5.41) is 3.99. The van der Waals surface area contributed by atoms with E-state index in [9.17, 15) is 4.79 Å². The van der Waals surface area contributed by atoms with Gasteiger partial charge in [-0.25, -0.2) is 4.98 Å². The van der Waals surface area contributed by atoms with Crippen LogP contribution in [-0.2, 0) is 11.2 Å². The van der Waals surface area contributed by atoms with E-state index in [0.29, 0.717) is 22.6 Å². The van der Waals surface area contributed by atoms with E-state index in [1.165, 1.54) is 0 Å². The quantitative estimate of drug-likeness (QED) is 0.943. The van der Waals surface area contributed by atoms with Crippen LogP contribution in [0.4, 0.5) is 0 Å². The minimum absolute atomic E-state index is 0.0873. The number of halogens is 1. The van der Waals surface area contributed by atoms with Gasteiger partial charge in [0.15, 0.2) is 0 Å². The molecule has 6 heteroatoms. The van der Waals surface area contributed by atoms with Gasteiger partial charge in [0.1, 0.15) is 6.26 Å². The highest BCUT2D eigenvalue weighted by Gasteiger charge is 2.21. The molecular formula is C16H18ClN3O2. The fourth-order valence-electron chi connectivity index (χ4n) is 2.54. The molecular weight excluding hydrogens is 302 g/mol. The van der Waals surface area contributed by atoms with Gasteiger partial charge in [0.05, 0.1) is 12.1 Å². The molecule has 0 bridgehead atoms. The first-order valence-corrected chi connectivity index (χ1v) is 7.71. The summed E-state index contributed by atoms with van der Waals surface area (Å²) in [6.45, 7) is 4.39. The van der Waals surface area contributed by atoms with E-state index in [2.05, 4.69) is 17.2 Å². The summed E-state index contributed by atoms with van der Waals surface area (Å²) < 4.78 is 5.46. The molecule has 1 aromatic carbocycles. The number of aromatic nitrogens is 1. The van der Waals surface area contributed by atoms with Gasteiger partial charge in [-0.05, 0) is 31.2 Å². The first-order chi connectivity index (χ1) is 10.6. The Morgan fingerprint density at radius 3 is 2.95 bits per heavy atom. The fourth-order valence-corrected chi connectivity index (χ4v) is 2.66. The van der Waals surface area contributed by atoms with Crippen LogP contribution in [0.25, 0.3) is 11.5 Å². The van der Waals surface area contributed by atoms with Crippen LogP contribution in [0.15, 0.2) is 34.9 Å². The minimum atomic E-state index is 0.0873. The predicted molar refractivity (Wildman–Crippen MR) is 84.7 cm³/mol. The largest absolute Gasteiger partial charge is 0.444 e. The topological polar surface area (TPSA) is 58.4 Å². The predicted octanol–water partition coefficient (Wildman–Crippen LogP) is 2.36. The summed E-state index contributed by atoms with van der Waals surface area (Å²) in [4.78, 5) is 18.6. The first kappa shape index (κ1) is 15.1. The summed E-state index contributed by atoms with van der Waals surface area (Å²) >= 11 is 5.86. The van der Waals surface area contributed by atoms with Gasteiger partial charge in [0, 0.05) is 36.3 Å². The number of nitrogens with one attached hydrogen (secondary N) is 1. The van der Waals surface area contributed by atoms with Crippen molar-refractivity contribution in [1.82, 2.24) is 15.2 Å². The van der Waals surface area contributed by atoms with Gasteiger partial charge in [-0.15, -0.1) is 0 Å². The highest BCUT2D eigenvalue weighted by Crippen LogP contribution is 2.21. The summed E-state index contributed by atoms with van der Waals surface area (Å²) in [6.07, 6.45) is 1.82. The second kappa shape index (κ2) is 6.50. The lowest BCUT2D eigenvalue weighted by molar-refractivity contribution is -0.131. The van der Waals surface area contributed by atoms with Gasteiger partial charge in [-0.3, -0.25) is 4.79 Å². The number of hydrogen-bond acceptors (Lipinski definition) is 4. The third kappa shape index (κ3) is 3.48. The molecule has 2 aromatic rings. The fraction of sp³-hybridized carbons (Fsp3) is 0.375. The zero-order valence-electron chi connectivity index (χ0n) is 12.4. The molecule has 2 heterocycles. The summed E-state index contributed by atoms with van der Waals surface area (Å²) in [5.41, 5.74) is 1.50. The van der Waals surface area contributed by atoms with Crippen molar-refractivity contribution in [2.75, 3.05) is 19.6 Å². The van der Waals surface area contributed by atoms with Crippen LogP contribution in [0.3, 0.4) is 0 Å². The number of oxazole rings is 1. The van der Waals surface area contributed by atoms with Gasteiger partial charge < -0.3 is 14.6 Å². The summed E-state index contributed by atoms with van der Waals surface area (Å²) in [7, 11) is 0.